The Hall–Kier alpha value is -2.27. The SMILES string of the molecule is CC(C)(C)c1ccc(OCc2ccc(C(=O)NCCO)o2)cc1. The van der Waals surface area contributed by atoms with E-state index in [2.05, 4.69) is 26.1 Å². The number of nitrogens with one attached hydrogen (secondary N) is 1. The van der Waals surface area contributed by atoms with Crippen molar-refractivity contribution in [1.29, 1.82) is 0 Å². The van der Waals surface area contributed by atoms with Gasteiger partial charge < -0.3 is 19.6 Å². The highest BCUT2D eigenvalue weighted by atomic mass is 16.5. The predicted molar refractivity (Wildman–Crippen MR) is 87.6 cm³/mol. The van der Waals surface area contributed by atoms with E-state index < -0.39 is 0 Å². The molecular formula is C18H23NO4. The fourth-order valence-corrected chi connectivity index (χ4v) is 2.04. The van der Waals surface area contributed by atoms with E-state index in [4.69, 9.17) is 14.3 Å². The third-order valence-electron chi connectivity index (χ3n) is 3.38. The fraction of sp³-hybridized carbons (Fsp3) is 0.389. The molecule has 0 aliphatic rings. The van der Waals surface area contributed by atoms with Gasteiger partial charge in [-0.3, -0.25) is 4.79 Å². The van der Waals surface area contributed by atoms with Gasteiger partial charge in [-0.2, -0.15) is 0 Å². The van der Waals surface area contributed by atoms with Crippen LogP contribution < -0.4 is 10.1 Å². The summed E-state index contributed by atoms with van der Waals surface area (Å²) in [6.07, 6.45) is 0. The topological polar surface area (TPSA) is 71.7 Å². The van der Waals surface area contributed by atoms with E-state index in [0.29, 0.717) is 5.76 Å². The molecule has 2 rings (SSSR count). The fourth-order valence-electron chi connectivity index (χ4n) is 2.04. The van der Waals surface area contributed by atoms with Crippen LogP contribution in [-0.2, 0) is 12.0 Å². The summed E-state index contributed by atoms with van der Waals surface area (Å²) >= 11 is 0. The molecule has 2 N–H and O–H groups in total. The predicted octanol–water partition coefficient (Wildman–Crippen LogP) is 2.88. The van der Waals surface area contributed by atoms with E-state index in [0.717, 1.165) is 5.75 Å². The zero-order chi connectivity index (χ0) is 16.9. The Morgan fingerprint density at radius 2 is 1.87 bits per heavy atom. The second-order valence-electron chi connectivity index (χ2n) is 6.31. The van der Waals surface area contributed by atoms with Crippen LogP contribution >= 0.6 is 0 Å². The van der Waals surface area contributed by atoms with Gasteiger partial charge in [0, 0.05) is 6.54 Å². The minimum Gasteiger partial charge on any atom is -0.486 e. The third-order valence-corrected chi connectivity index (χ3v) is 3.38. The number of furan rings is 1. The molecule has 1 aromatic heterocycles. The lowest BCUT2D eigenvalue weighted by Crippen LogP contribution is -2.25. The molecule has 0 radical (unpaired) electrons. The van der Waals surface area contributed by atoms with E-state index >= 15 is 0 Å². The third kappa shape index (κ3) is 4.86. The van der Waals surface area contributed by atoms with E-state index in [9.17, 15) is 4.79 Å². The Bertz CT molecular complexity index is 638. The molecule has 23 heavy (non-hydrogen) atoms. The molecule has 5 heteroatoms. The van der Waals surface area contributed by atoms with Gasteiger partial charge in [-0.1, -0.05) is 32.9 Å². The maximum Gasteiger partial charge on any atom is 0.287 e. The minimum atomic E-state index is -0.347. The lowest BCUT2D eigenvalue weighted by Gasteiger charge is -2.19. The number of amides is 1. The van der Waals surface area contributed by atoms with Crippen LogP contribution in [0, 0.1) is 0 Å². The van der Waals surface area contributed by atoms with Gasteiger partial charge in [0.2, 0.25) is 0 Å². The van der Waals surface area contributed by atoms with Crippen molar-refractivity contribution in [2.75, 3.05) is 13.2 Å². The number of carbonyl (C=O) groups excluding carboxylic acids is 1. The van der Waals surface area contributed by atoms with Crippen molar-refractivity contribution in [3.8, 4) is 5.75 Å². The van der Waals surface area contributed by atoms with Crippen LogP contribution in [0.1, 0.15) is 42.6 Å². The van der Waals surface area contributed by atoms with Crippen LogP contribution in [0.15, 0.2) is 40.8 Å². The van der Waals surface area contributed by atoms with E-state index in [1.54, 1.807) is 12.1 Å². The highest BCUT2D eigenvalue weighted by molar-refractivity contribution is 5.91. The first-order valence-electron chi connectivity index (χ1n) is 7.61. The van der Waals surface area contributed by atoms with Crippen molar-refractivity contribution in [2.45, 2.75) is 32.8 Å². The van der Waals surface area contributed by atoms with Gasteiger partial charge in [-0.25, -0.2) is 0 Å². The monoisotopic (exact) mass is 317 g/mol. The zero-order valence-electron chi connectivity index (χ0n) is 13.8. The van der Waals surface area contributed by atoms with Gasteiger partial charge in [0.05, 0.1) is 6.61 Å². The second-order valence-corrected chi connectivity index (χ2v) is 6.31. The number of hydrogen-bond acceptors (Lipinski definition) is 4. The molecule has 0 aliphatic carbocycles. The first kappa shape index (κ1) is 17.1. The smallest absolute Gasteiger partial charge is 0.287 e. The second kappa shape index (κ2) is 7.33. The number of benzene rings is 1. The first-order chi connectivity index (χ1) is 10.9. The molecule has 2 aromatic rings. The summed E-state index contributed by atoms with van der Waals surface area (Å²) in [6, 6.07) is 11.2. The summed E-state index contributed by atoms with van der Waals surface area (Å²) in [5.41, 5.74) is 1.35. The molecule has 1 aromatic carbocycles. The first-order valence-corrected chi connectivity index (χ1v) is 7.61. The van der Waals surface area contributed by atoms with Crippen LogP contribution in [0.2, 0.25) is 0 Å². The Morgan fingerprint density at radius 3 is 2.48 bits per heavy atom. The molecular weight excluding hydrogens is 294 g/mol. The lowest BCUT2D eigenvalue weighted by atomic mass is 9.87. The summed E-state index contributed by atoms with van der Waals surface area (Å²) in [4.78, 5) is 11.7. The minimum absolute atomic E-state index is 0.104. The highest BCUT2D eigenvalue weighted by Gasteiger charge is 2.13. The number of carbonyl (C=O) groups is 1. The van der Waals surface area contributed by atoms with E-state index in [1.165, 1.54) is 5.56 Å². The van der Waals surface area contributed by atoms with Crippen LogP contribution in [0.25, 0.3) is 0 Å². The average molecular weight is 317 g/mol. The maximum atomic E-state index is 11.7. The molecule has 0 aliphatic heterocycles. The van der Waals surface area contributed by atoms with Crippen molar-refractivity contribution in [2.24, 2.45) is 0 Å². The Kier molecular flexibility index (Phi) is 5.45. The van der Waals surface area contributed by atoms with Crippen molar-refractivity contribution < 1.29 is 19.1 Å². The largest absolute Gasteiger partial charge is 0.486 e. The van der Waals surface area contributed by atoms with Crippen LogP contribution in [0.5, 0.6) is 5.75 Å². The molecule has 0 atom stereocenters. The van der Waals surface area contributed by atoms with Gasteiger partial charge in [-0.15, -0.1) is 0 Å². The summed E-state index contributed by atoms with van der Waals surface area (Å²) in [5, 5.41) is 11.2. The highest BCUT2D eigenvalue weighted by Crippen LogP contribution is 2.24. The van der Waals surface area contributed by atoms with Gasteiger partial charge in [0.25, 0.3) is 5.91 Å². The Labute approximate surface area is 136 Å². The molecule has 0 bridgehead atoms. The Balaban J connectivity index is 1.91. The average Bonchev–Trinajstić information content (AvgIpc) is 2.99. The molecule has 0 spiro atoms. The molecule has 1 heterocycles. The summed E-state index contributed by atoms with van der Waals surface area (Å²) in [5.74, 6) is 1.18. The Morgan fingerprint density at radius 1 is 1.17 bits per heavy atom. The number of hydrogen-bond donors (Lipinski definition) is 2. The standard InChI is InChI=1S/C18H23NO4/c1-18(2,3)13-4-6-14(7-5-13)22-12-15-8-9-16(23-15)17(21)19-10-11-20/h4-9,20H,10-12H2,1-3H3,(H,19,21). The number of aliphatic hydroxyl groups is 1. The van der Waals surface area contributed by atoms with E-state index in [-0.39, 0.29) is 36.8 Å². The molecule has 0 saturated heterocycles. The van der Waals surface area contributed by atoms with Crippen molar-refractivity contribution in [3.05, 3.63) is 53.5 Å². The molecule has 124 valence electrons. The van der Waals surface area contributed by atoms with Gasteiger partial charge in [-0.05, 0) is 35.2 Å². The van der Waals surface area contributed by atoms with Crippen LogP contribution in [0.3, 0.4) is 0 Å². The summed E-state index contributed by atoms with van der Waals surface area (Å²) in [6.45, 7) is 6.83. The maximum absolute atomic E-state index is 11.7. The van der Waals surface area contributed by atoms with Crippen molar-refractivity contribution in [1.82, 2.24) is 5.32 Å². The van der Waals surface area contributed by atoms with Gasteiger partial charge in [0.1, 0.15) is 18.1 Å². The molecule has 5 nitrogen and oxygen atoms in total. The number of aliphatic hydroxyl groups excluding tert-OH is 1. The van der Waals surface area contributed by atoms with Crippen molar-refractivity contribution in [3.63, 3.8) is 0 Å². The van der Waals surface area contributed by atoms with Gasteiger partial charge >= 0.3 is 0 Å². The molecule has 1 amide bonds. The molecule has 0 saturated carbocycles. The van der Waals surface area contributed by atoms with Crippen LogP contribution in [0.4, 0.5) is 0 Å². The van der Waals surface area contributed by atoms with Crippen LogP contribution in [-0.4, -0.2) is 24.2 Å². The quantitative estimate of drug-likeness (QED) is 0.859. The number of ether oxygens (including phenoxy) is 1. The number of rotatable bonds is 6. The lowest BCUT2D eigenvalue weighted by molar-refractivity contribution is 0.0913. The molecule has 0 fully saturated rings. The summed E-state index contributed by atoms with van der Waals surface area (Å²) in [7, 11) is 0. The van der Waals surface area contributed by atoms with E-state index in [1.807, 2.05) is 24.3 Å². The van der Waals surface area contributed by atoms with Crippen molar-refractivity contribution >= 4 is 5.91 Å². The summed E-state index contributed by atoms with van der Waals surface area (Å²) < 4.78 is 11.1. The zero-order valence-corrected chi connectivity index (χ0v) is 13.8. The van der Waals surface area contributed by atoms with Gasteiger partial charge in [0.15, 0.2) is 5.76 Å². The molecule has 0 unspecified atom stereocenters. The normalized spacial score (nSPS) is 11.3.